The number of benzene rings is 1. The van der Waals surface area contributed by atoms with Crippen LogP contribution in [0.25, 0.3) is 0 Å². The van der Waals surface area contributed by atoms with E-state index in [1.807, 2.05) is 24.3 Å². The number of alkyl halides is 1. The van der Waals surface area contributed by atoms with E-state index in [0.29, 0.717) is 6.41 Å². The van der Waals surface area contributed by atoms with E-state index in [1.165, 1.54) is 0 Å². The molecule has 1 amide bonds. The number of rotatable bonds is 3. The maximum absolute atomic E-state index is 10.1. The summed E-state index contributed by atoms with van der Waals surface area (Å²) < 4.78 is 0. The molecule has 3 heteroatoms. The molecule has 0 radical (unpaired) electrons. The van der Waals surface area contributed by atoms with Crippen LogP contribution in [0.1, 0.15) is 5.56 Å². The Bertz CT molecular complexity index is 250. The van der Waals surface area contributed by atoms with Crippen LogP contribution in [0.5, 0.6) is 0 Å². The highest BCUT2D eigenvalue weighted by molar-refractivity contribution is 9.08. The van der Waals surface area contributed by atoms with Gasteiger partial charge in [-0.15, -0.1) is 0 Å². The number of halogens is 1. The summed E-state index contributed by atoms with van der Waals surface area (Å²) in [6, 6.07) is 7.66. The van der Waals surface area contributed by atoms with Gasteiger partial charge in [0.1, 0.15) is 0 Å². The molecule has 0 aliphatic rings. The first kappa shape index (κ1) is 8.27. The highest BCUT2D eigenvalue weighted by Gasteiger charge is 1.91. The minimum absolute atomic E-state index is 0.674. The van der Waals surface area contributed by atoms with Gasteiger partial charge in [-0.1, -0.05) is 28.1 Å². The van der Waals surface area contributed by atoms with Gasteiger partial charge in [-0.05, 0) is 17.7 Å². The van der Waals surface area contributed by atoms with Gasteiger partial charge in [-0.25, -0.2) is 0 Å². The SMILES string of the molecule is O=CNc1cccc(CBr)c1. The number of nitrogens with one attached hydrogen (secondary N) is 1. The topological polar surface area (TPSA) is 29.1 Å². The largest absolute Gasteiger partial charge is 0.329 e. The fourth-order valence-corrected chi connectivity index (χ4v) is 1.16. The van der Waals surface area contributed by atoms with E-state index in [4.69, 9.17) is 0 Å². The second-order valence-electron chi connectivity index (χ2n) is 2.10. The third-order valence-electron chi connectivity index (χ3n) is 1.31. The van der Waals surface area contributed by atoms with Gasteiger partial charge in [0.2, 0.25) is 6.41 Å². The van der Waals surface area contributed by atoms with Crippen molar-refractivity contribution in [1.82, 2.24) is 0 Å². The predicted molar refractivity (Wildman–Crippen MR) is 48.8 cm³/mol. The van der Waals surface area contributed by atoms with Crippen LogP contribution in [0.2, 0.25) is 0 Å². The Labute approximate surface area is 73.7 Å². The van der Waals surface area contributed by atoms with Gasteiger partial charge >= 0.3 is 0 Å². The quantitative estimate of drug-likeness (QED) is 0.606. The van der Waals surface area contributed by atoms with Crippen LogP contribution in [-0.2, 0) is 10.1 Å². The molecule has 0 aliphatic heterocycles. The molecule has 2 nitrogen and oxygen atoms in total. The van der Waals surface area contributed by atoms with Gasteiger partial charge in [0, 0.05) is 11.0 Å². The summed E-state index contributed by atoms with van der Waals surface area (Å²) in [5, 5.41) is 3.39. The van der Waals surface area contributed by atoms with Crippen LogP contribution < -0.4 is 5.32 Å². The first-order valence-corrected chi connectivity index (χ1v) is 4.34. The van der Waals surface area contributed by atoms with Crippen LogP contribution >= 0.6 is 15.9 Å². The number of anilines is 1. The molecule has 1 aromatic carbocycles. The molecule has 0 fully saturated rings. The van der Waals surface area contributed by atoms with E-state index in [-0.39, 0.29) is 0 Å². The van der Waals surface area contributed by atoms with Crippen molar-refractivity contribution < 1.29 is 4.79 Å². The monoisotopic (exact) mass is 213 g/mol. The molecule has 0 heterocycles. The van der Waals surface area contributed by atoms with Crippen LogP contribution in [0.15, 0.2) is 24.3 Å². The average molecular weight is 214 g/mol. The molecule has 1 rings (SSSR count). The molecule has 1 N–H and O–H groups in total. The van der Waals surface area contributed by atoms with E-state index in [9.17, 15) is 4.79 Å². The molecule has 0 saturated carbocycles. The zero-order valence-corrected chi connectivity index (χ0v) is 7.47. The van der Waals surface area contributed by atoms with E-state index in [2.05, 4.69) is 21.2 Å². The van der Waals surface area contributed by atoms with Gasteiger partial charge in [-0.3, -0.25) is 4.79 Å². The maximum atomic E-state index is 10.1. The van der Waals surface area contributed by atoms with Gasteiger partial charge in [0.25, 0.3) is 0 Å². The predicted octanol–water partition coefficient (Wildman–Crippen LogP) is 2.15. The van der Waals surface area contributed by atoms with Crippen molar-refractivity contribution in [3.8, 4) is 0 Å². The molecular weight excluding hydrogens is 206 g/mol. The highest BCUT2D eigenvalue weighted by atomic mass is 79.9. The van der Waals surface area contributed by atoms with Gasteiger partial charge in [0.15, 0.2) is 0 Å². The Kier molecular flexibility index (Phi) is 3.11. The van der Waals surface area contributed by atoms with Crippen LogP contribution in [-0.4, -0.2) is 6.41 Å². The smallest absolute Gasteiger partial charge is 0.211 e. The van der Waals surface area contributed by atoms with Crippen molar-refractivity contribution >= 4 is 28.0 Å². The van der Waals surface area contributed by atoms with Gasteiger partial charge in [0.05, 0.1) is 0 Å². The Morgan fingerprint density at radius 1 is 1.55 bits per heavy atom. The average Bonchev–Trinajstić information content (AvgIpc) is 2.06. The van der Waals surface area contributed by atoms with E-state index in [1.54, 1.807) is 0 Å². The normalized spacial score (nSPS) is 9.18. The van der Waals surface area contributed by atoms with Gasteiger partial charge in [-0.2, -0.15) is 0 Å². The van der Waals surface area contributed by atoms with Crippen molar-refractivity contribution in [3.63, 3.8) is 0 Å². The molecule has 0 aromatic heterocycles. The molecule has 0 saturated heterocycles. The van der Waals surface area contributed by atoms with E-state index >= 15 is 0 Å². The highest BCUT2D eigenvalue weighted by Crippen LogP contribution is 2.11. The summed E-state index contributed by atoms with van der Waals surface area (Å²) in [5.41, 5.74) is 1.98. The lowest BCUT2D eigenvalue weighted by Gasteiger charge is -1.99. The molecule has 1 aromatic rings. The molecule has 58 valence electrons. The second-order valence-corrected chi connectivity index (χ2v) is 2.66. The third kappa shape index (κ3) is 2.35. The van der Waals surface area contributed by atoms with Crippen molar-refractivity contribution in [2.45, 2.75) is 5.33 Å². The Morgan fingerprint density at radius 2 is 2.36 bits per heavy atom. The molecule has 0 atom stereocenters. The molecule has 0 aliphatic carbocycles. The third-order valence-corrected chi connectivity index (χ3v) is 1.95. The van der Waals surface area contributed by atoms with Crippen molar-refractivity contribution in [2.24, 2.45) is 0 Å². The number of carbonyl (C=O) groups excluding carboxylic acids is 1. The first-order chi connectivity index (χ1) is 5.36. The molecule has 0 spiro atoms. The fourth-order valence-electron chi connectivity index (χ4n) is 0.812. The lowest BCUT2D eigenvalue weighted by atomic mass is 10.2. The van der Waals surface area contributed by atoms with Crippen molar-refractivity contribution in [1.29, 1.82) is 0 Å². The van der Waals surface area contributed by atoms with Gasteiger partial charge < -0.3 is 5.32 Å². The second kappa shape index (κ2) is 4.13. The summed E-state index contributed by atoms with van der Waals surface area (Å²) in [5.74, 6) is 0. The molecular formula is C8H8BrNO. The van der Waals surface area contributed by atoms with Crippen LogP contribution in [0.3, 0.4) is 0 Å². The lowest BCUT2D eigenvalue weighted by molar-refractivity contribution is -0.105. The van der Waals surface area contributed by atoms with E-state index in [0.717, 1.165) is 16.6 Å². The number of hydrogen-bond donors (Lipinski definition) is 1. The maximum Gasteiger partial charge on any atom is 0.211 e. The fraction of sp³-hybridized carbons (Fsp3) is 0.125. The minimum atomic E-state index is 0.674. The lowest BCUT2D eigenvalue weighted by Crippen LogP contribution is -1.93. The summed E-state index contributed by atoms with van der Waals surface area (Å²) >= 11 is 3.33. The molecule has 11 heavy (non-hydrogen) atoms. The first-order valence-electron chi connectivity index (χ1n) is 3.22. The van der Waals surface area contributed by atoms with Crippen LogP contribution in [0.4, 0.5) is 5.69 Å². The number of carbonyl (C=O) groups is 1. The van der Waals surface area contributed by atoms with E-state index < -0.39 is 0 Å². The number of hydrogen-bond acceptors (Lipinski definition) is 1. The molecule has 0 bridgehead atoms. The Balaban J connectivity index is 2.82. The molecule has 0 unspecified atom stereocenters. The Hall–Kier alpha value is -0.830. The summed E-state index contributed by atoms with van der Waals surface area (Å²) in [6.45, 7) is 0. The van der Waals surface area contributed by atoms with Crippen LogP contribution in [0, 0.1) is 0 Å². The summed E-state index contributed by atoms with van der Waals surface area (Å²) in [6.07, 6.45) is 0.674. The summed E-state index contributed by atoms with van der Waals surface area (Å²) in [4.78, 5) is 10.1. The minimum Gasteiger partial charge on any atom is -0.329 e. The Morgan fingerprint density at radius 3 is 3.00 bits per heavy atom. The summed E-state index contributed by atoms with van der Waals surface area (Å²) in [7, 11) is 0. The van der Waals surface area contributed by atoms with Crippen molar-refractivity contribution in [3.05, 3.63) is 29.8 Å². The number of amides is 1. The van der Waals surface area contributed by atoms with Crippen molar-refractivity contribution in [2.75, 3.05) is 5.32 Å². The zero-order valence-electron chi connectivity index (χ0n) is 5.88. The standard InChI is InChI=1S/C8H8BrNO/c9-5-7-2-1-3-8(4-7)10-6-11/h1-4,6H,5H2,(H,10,11). The zero-order chi connectivity index (χ0) is 8.10.